The molecule has 3 aromatic rings. The van der Waals surface area contributed by atoms with Gasteiger partial charge in [0.1, 0.15) is 11.6 Å². The second-order valence-electron chi connectivity index (χ2n) is 8.69. The topological polar surface area (TPSA) is 46.9 Å². The van der Waals surface area contributed by atoms with Crippen LogP contribution in [0.4, 0.5) is 4.39 Å². The van der Waals surface area contributed by atoms with E-state index in [2.05, 4.69) is 21.8 Å². The Balaban J connectivity index is 1.28. The van der Waals surface area contributed by atoms with Crippen molar-refractivity contribution in [2.75, 3.05) is 0 Å². The molecule has 1 heterocycles. The van der Waals surface area contributed by atoms with Crippen LogP contribution in [-0.4, -0.2) is 21.5 Å². The molecule has 0 saturated heterocycles. The number of carbonyl (C=O) groups is 1. The van der Waals surface area contributed by atoms with Crippen molar-refractivity contribution in [2.24, 2.45) is 17.8 Å². The smallest absolute Gasteiger partial charge is 0.251 e. The molecular formula is C24H25ClFN3O. The lowest BCUT2D eigenvalue weighted by Gasteiger charge is -2.23. The summed E-state index contributed by atoms with van der Waals surface area (Å²) in [5.41, 5.74) is 2.38. The quantitative estimate of drug-likeness (QED) is 0.583. The Morgan fingerprint density at radius 3 is 2.60 bits per heavy atom. The highest BCUT2D eigenvalue weighted by Crippen LogP contribution is 2.63. The summed E-state index contributed by atoms with van der Waals surface area (Å²) in [4.78, 5) is 17.3. The summed E-state index contributed by atoms with van der Waals surface area (Å²) in [5.74, 6) is 2.43. The van der Waals surface area contributed by atoms with Gasteiger partial charge in [0.2, 0.25) is 0 Å². The monoisotopic (exact) mass is 425 g/mol. The summed E-state index contributed by atoms with van der Waals surface area (Å²) in [6, 6.07) is 12.4. The minimum Gasteiger partial charge on any atom is -0.349 e. The van der Waals surface area contributed by atoms with Crippen LogP contribution >= 0.6 is 11.6 Å². The summed E-state index contributed by atoms with van der Waals surface area (Å²) in [7, 11) is 0. The molecule has 5 rings (SSSR count). The Hall–Kier alpha value is -2.40. The van der Waals surface area contributed by atoms with Gasteiger partial charge in [0, 0.05) is 22.7 Å². The number of benzene rings is 2. The van der Waals surface area contributed by atoms with Gasteiger partial charge in [0.15, 0.2) is 0 Å². The number of rotatable bonds is 5. The fraction of sp³-hybridized carbons (Fsp3) is 0.417. The molecule has 4 nitrogen and oxygen atoms in total. The molecule has 30 heavy (non-hydrogen) atoms. The standard InChI is InChI=1S/C24H25ClFN3O/c1-3-20(28-24(30)14-4-6-15(25)7-5-14)23-18-11-17(12-19(18)23)29-13(2)27-21-9-8-16(26)10-22(21)29/h4-10,17-20,23H,3,11-12H2,1-2H3,(H,28,30)/t17-,18-,19+,20-,23+/m1/s1. The molecule has 0 bridgehead atoms. The van der Waals surface area contributed by atoms with E-state index in [9.17, 15) is 9.18 Å². The molecule has 2 aliphatic rings. The molecule has 0 unspecified atom stereocenters. The van der Waals surface area contributed by atoms with Crippen molar-refractivity contribution in [3.05, 3.63) is 64.7 Å². The lowest BCUT2D eigenvalue weighted by molar-refractivity contribution is 0.0927. The van der Waals surface area contributed by atoms with E-state index in [1.165, 1.54) is 6.07 Å². The molecule has 0 radical (unpaired) electrons. The highest BCUT2D eigenvalue weighted by Gasteiger charge is 2.59. The Morgan fingerprint density at radius 2 is 1.93 bits per heavy atom. The molecular weight excluding hydrogens is 401 g/mol. The van der Waals surface area contributed by atoms with Crippen LogP contribution in [0.5, 0.6) is 0 Å². The van der Waals surface area contributed by atoms with Crippen LogP contribution in [0.25, 0.3) is 11.0 Å². The molecule has 2 fully saturated rings. The minimum absolute atomic E-state index is 0.0352. The third-order valence-electron chi connectivity index (χ3n) is 7.01. The maximum Gasteiger partial charge on any atom is 0.251 e. The van der Waals surface area contributed by atoms with Gasteiger partial charge in [0.05, 0.1) is 11.0 Å². The third-order valence-corrected chi connectivity index (χ3v) is 7.26. The number of amides is 1. The van der Waals surface area contributed by atoms with Crippen molar-refractivity contribution in [2.45, 2.75) is 45.2 Å². The van der Waals surface area contributed by atoms with Crippen LogP contribution in [0.1, 0.15) is 48.4 Å². The maximum absolute atomic E-state index is 13.8. The molecule has 2 saturated carbocycles. The first-order valence-corrected chi connectivity index (χ1v) is 11.0. The summed E-state index contributed by atoms with van der Waals surface area (Å²) >= 11 is 5.93. The zero-order valence-electron chi connectivity index (χ0n) is 17.1. The number of aryl methyl sites for hydroxylation is 1. The number of fused-ring (bicyclic) bond motifs is 2. The van der Waals surface area contributed by atoms with E-state index in [1.807, 2.05) is 6.92 Å². The van der Waals surface area contributed by atoms with Gasteiger partial charge in [-0.1, -0.05) is 18.5 Å². The lowest BCUT2D eigenvalue weighted by Crippen LogP contribution is -2.37. The number of imidazole rings is 1. The highest BCUT2D eigenvalue weighted by molar-refractivity contribution is 6.30. The fourth-order valence-corrected chi connectivity index (χ4v) is 5.77. The Bertz CT molecular complexity index is 1100. The van der Waals surface area contributed by atoms with Crippen molar-refractivity contribution in [3.8, 4) is 0 Å². The lowest BCUT2D eigenvalue weighted by atomic mass is 9.98. The van der Waals surface area contributed by atoms with E-state index < -0.39 is 0 Å². The fourth-order valence-electron chi connectivity index (χ4n) is 5.64. The van der Waals surface area contributed by atoms with Crippen molar-refractivity contribution in [1.82, 2.24) is 14.9 Å². The van der Waals surface area contributed by atoms with E-state index in [4.69, 9.17) is 11.6 Å². The first-order chi connectivity index (χ1) is 14.5. The summed E-state index contributed by atoms with van der Waals surface area (Å²) < 4.78 is 16.0. The zero-order chi connectivity index (χ0) is 21.0. The van der Waals surface area contributed by atoms with Gasteiger partial charge in [-0.05, 0) is 86.4 Å². The predicted octanol–water partition coefficient (Wildman–Crippen LogP) is 5.54. The van der Waals surface area contributed by atoms with Crippen LogP contribution in [0.15, 0.2) is 42.5 Å². The van der Waals surface area contributed by atoms with Crippen LogP contribution < -0.4 is 5.32 Å². The van der Waals surface area contributed by atoms with Crippen LogP contribution in [0.2, 0.25) is 5.02 Å². The van der Waals surface area contributed by atoms with Gasteiger partial charge in [-0.2, -0.15) is 0 Å². The highest BCUT2D eigenvalue weighted by atomic mass is 35.5. The van der Waals surface area contributed by atoms with Crippen molar-refractivity contribution in [3.63, 3.8) is 0 Å². The van der Waals surface area contributed by atoms with Crippen molar-refractivity contribution < 1.29 is 9.18 Å². The average Bonchev–Trinajstić information content (AvgIpc) is 3.06. The summed E-state index contributed by atoms with van der Waals surface area (Å²) in [6.45, 7) is 4.13. The molecule has 6 heteroatoms. The number of nitrogens with zero attached hydrogens (tertiary/aromatic N) is 2. The van der Waals surface area contributed by atoms with E-state index in [-0.39, 0.29) is 17.8 Å². The predicted molar refractivity (Wildman–Crippen MR) is 116 cm³/mol. The normalized spacial score (nSPS) is 25.9. The summed E-state index contributed by atoms with van der Waals surface area (Å²) in [5, 5.41) is 3.87. The Kier molecular flexibility index (Phi) is 4.81. The first-order valence-electron chi connectivity index (χ1n) is 10.7. The minimum atomic E-state index is -0.222. The molecule has 1 amide bonds. The van der Waals surface area contributed by atoms with Crippen molar-refractivity contribution >= 4 is 28.5 Å². The van der Waals surface area contributed by atoms with E-state index in [0.717, 1.165) is 36.1 Å². The van der Waals surface area contributed by atoms with Gasteiger partial charge < -0.3 is 9.88 Å². The number of carbonyl (C=O) groups excluding carboxylic acids is 1. The first kappa shape index (κ1) is 19.6. The van der Waals surface area contributed by atoms with E-state index in [0.29, 0.717) is 34.4 Å². The molecule has 0 spiro atoms. The van der Waals surface area contributed by atoms with Gasteiger partial charge in [-0.3, -0.25) is 4.79 Å². The Labute approximate surface area is 180 Å². The number of halogens is 2. The molecule has 2 aromatic carbocycles. The maximum atomic E-state index is 13.8. The van der Waals surface area contributed by atoms with Crippen LogP contribution in [0, 0.1) is 30.5 Å². The number of hydrogen-bond donors (Lipinski definition) is 1. The van der Waals surface area contributed by atoms with Crippen LogP contribution in [-0.2, 0) is 0 Å². The van der Waals surface area contributed by atoms with E-state index in [1.54, 1.807) is 36.4 Å². The molecule has 1 aromatic heterocycles. The molecule has 156 valence electrons. The van der Waals surface area contributed by atoms with Gasteiger partial charge in [-0.25, -0.2) is 9.37 Å². The third kappa shape index (κ3) is 3.29. The SMILES string of the molecule is CC[C@@H](NC(=O)c1ccc(Cl)cc1)[C@H]1[C@@H]2C[C@@H](n3c(C)nc4ccc(F)cc43)C[C@@H]21. The Morgan fingerprint density at radius 1 is 1.23 bits per heavy atom. The average molecular weight is 426 g/mol. The zero-order valence-corrected chi connectivity index (χ0v) is 17.9. The van der Waals surface area contributed by atoms with Gasteiger partial charge in [-0.15, -0.1) is 0 Å². The number of nitrogens with one attached hydrogen (secondary N) is 1. The number of hydrogen-bond acceptors (Lipinski definition) is 2. The van der Waals surface area contributed by atoms with E-state index >= 15 is 0 Å². The van der Waals surface area contributed by atoms with Gasteiger partial charge in [0.25, 0.3) is 5.91 Å². The molecule has 2 aliphatic carbocycles. The second-order valence-corrected chi connectivity index (χ2v) is 9.12. The van der Waals surface area contributed by atoms with Crippen LogP contribution in [0.3, 0.4) is 0 Å². The molecule has 0 aliphatic heterocycles. The number of aromatic nitrogens is 2. The summed E-state index contributed by atoms with van der Waals surface area (Å²) in [6.07, 6.45) is 3.04. The molecule has 1 N–H and O–H groups in total. The van der Waals surface area contributed by atoms with Crippen molar-refractivity contribution in [1.29, 1.82) is 0 Å². The second kappa shape index (κ2) is 7.38. The van der Waals surface area contributed by atoms with Gasteiger partial charge >= 0.3 is 0 Å². The molecule has 5 atom stereocenters. The largest absolute Gasteiger partial charge is 0.349 e.